The Morgan fingerprint density at radius 1 is 1.14 bits per heavy atom. The van der Waals surface area contributed by atoms with E-state index in [9.17, 15) is 13.2 Å². The number of aromatic nitrogens is 2. The summed E-state index contributed by atoms with van der Waals surface area (Å²) >= 11 is 0. The number of nitrogens with zero attached hydrogens (tertiary/aromatic N) is 4. The summed E-state index contributed by atoms with van der Waals surface area (Å²) in [5.41, 5.74) is 6.09. The minimum atomic E-state index is -4.42. The van der Waals surface area contributed by atoms with Crippen molar-refractivity contribution in [3.05, 3.63) is 76.7 Å². The summed E-state index contributed by atoms with van der Waals surface area (Å²) < 4.78 is 39.7. The zero-order valence-electron chi connectivity index (χ0n) is 15.1. The smallest absolute Gasteiger partial charge is 0.318 e. The van der Waals surface area contributed by atoms with E-state index in [-0.39, 0.29) is 5.82 Å². The van der Waals surface area contributed by atoms with E-state index in [0.29, 0.717) is 5.56 Å². The van der Waals surface area contributed by atoms with Crippen molar-refractivity contribution in [1.82, 2.24) is 9.55 Å². The number of nitrogens with one attached hydrogen (secondary N) is 1. The van der Waals surface area contributed by atoms with Gasteiger partial charge in [0.05, 0.1) is 23.4 Å². The van der Waals surface area contributed by atoms with E-state index in [1.54, 1.807) is 18.3 Å². The van der Waals surface area contributed by atoms with Gasteiger partial charge in [-0.3, -0.25) is 5.43 Å². The van der Waals surface area contributed by atoms with Crippen molar-refractivity contribution in [2.24, 2.45) is 5.10 Å². The molecule has 0 unspecified atom stereocenters. The van der Waals surface area contributed by atoms with Crippen LogP contribution in [0, 0.1) is 25.2 Å². The van der Waals surface area contributed by atoms with Gasteiger partial charge in [0.25, 0.3) is 0 Å². The molecule has 0 spiro atoms. The summed E-state index contributed by atoms with van der Waals surface area (Å²) in [6.45, 7) is 3.89. The maximum atomic E-state index is 12.6. The molecular weight excluding hydrogens is 367 g/mol. The molecule has 0 saturated carbocycles. The molecule has 28 heavy (non-hydrogen) atoms. The van der Waals surface area contributed by atoms with Gasteiger partial charge >= 0.3 is 6.18 Å². The van der Waals surface area contributed by atoms with E-state index in [2.05, 4.69) is 21.6 Å². The fourth-order valence-corrected chi connectivity index (χ4v) is 2.80. The van der Waals surface area contributed by atoms with E-state index in [4.69, 9.17) is 5.26 Å². The fraction of sp³-hybridized carbons (Fsp3) is 0.150. The number of anilines is 1. The number of halogens is 3. The zero-order valence-corrected chi connectivity index (χ0v) is 15.1. The maximum Gasteiger partial charge on any atom is 0.417 e. The third-order valence-electron chi connectivity index (χ3n) is 4.20. The zero-order chi connectivity index (χ0) is 20.3. The van der Waals surface area contributed by atoms with Gasteiger partial charge in [0.1, 0.15) is 5.82 Å². The normalized spacial score (nSPS) is 11.6. The molecule has 2 aromatic heterocycles. The van der Waals surface area contributed by atoms with Crippen molar-refractivity contribution in [3.63, 3.8) is 0 Å². The van der Waals surface area contributed by atoms with Crippen LogP contribution in [-0.4, -0.2) is 15.8 Å². The number of hydrogen-bond donors (Lipinski definition) is 1. The molecule has 5 nitrogen and oxygen atoms in total. The average Bonchev–Trinajstić information content (AvgIpc) is 2.95. The number of rotatable bonds is 4. The first-order chi connectivity index (χ1) is 13.3. The van der Waals surface area contributed by atoms with Gasteiger partial charge in [-0.1, -0.05) is 0 Å². The second-order valence-electron chi connectivity index (χ2n) is 6.12. The maximum absolute atomic E-state index is 12.6. The van der Waals surface area contributed by atoms with E-state index in [0.717, 1.165) is 34.9 Å². The van der Waals surface area contributed by atoms with Gasteiger partial charge < -0.3 is 4.57 Å². The first kappa shape index (κ1) is 19.2. The van der Waals surface area contributed by atoms with Crippen LogP contribution in [0.4, 0.5) is 19.0 Å². The molecule has 0 radical (unpaired) electrons. The minimum absolute atomic E-state index is 0.213. The standard InChI is InChI=1S/C20H16F3N5/c1-13-9-16(14(2)28(13)18-6-3-15(10-24)4-7-18)11-26-27-19-8-5-17(12-25-19)20(21,22)23/h3-9,11-12H,1-2H3,(H,25,27)/b26-11-. The highest BCUT2D eigenvalue weighted by Crippen LogP contribution is 2.28. The van der Waals surface area contributed by atoms with Crippen molar-refractivity contribution in [2.75, 3.05) is 5.43 Å². The molecule has 0 fully saturated rings. The largest absolute Gasteiger partial charge is 0.417 e. The van der Waals surface area contributed by atoms with Crippen LogP contribution in [0.25, 0.3) is 5.69 Å². The van der Waals surface area contributed by atoms with Crippen LogP contribution >= 0.6 is 0 Å². The average molecular weight is 383 g/mol. The Labute approximate surface area is 159 Å². The van der Waals surface area contributed by atoms with E-state index in [1.807, 2.05) is 36.6 Å². The summed E-state index contributed by atoms with van der Waals surface area (Å²) in [4.78, 5) is 3.71. The van der Waals surface area contributed by atoms with Crippen molar-refractivity contribution in [2.45, 2.75) is 20.0 Å². The Hall–Kier alpha value is -3.60. The van der Waals surface area contributed by atoms with Gasteiger partial charge in [-0.25, -0.2) is 4.98 Å². The molecule has 0 saturated heterocycles. The Morgan fingerprint density at radius 3 is 2.43 bits per heavy atom. The van der Waals surface area contributed by atoms with E-state index < -0.39 is 11.7 Å². The van der Waals surface area contributed by atoms with Crippen LogP contribution < -0.4 is 5.43 Å². The quantitative estimate of drug-likeness (QED) is 0.519. The molecule has 0 amide bonds. The number of nitriles is 1. The molecule has 0 aliphatic rings. The van der Waals surface area contributed by atoms with Gasteiger partial charge in [0.2, 0.25) is 0 Å². The summed E-state index contributed by atoms with van der Waals surface area (Å²) in [6, 6.07) is 13.4. The van der Waals surface area contributed by atoms with Crippen molar-refractivity contribution in [1.29, 1.82) is 5.26 Å². The number of aryl methyl sites for hydroxylation is 1. The Balaban J connectivity index is 1.77. The number of pyridine rings is 1. The summed E-state index contributed by atoms with van der Waals surface area (Å²) in [6.07, 6.45) is -2.08. The Kier molecular flexibility index (Phi) is 5.18. The molecule has 1 aromatic carbocycles. The highest BCUT2D eigenvalue weighted by molar-refractivity contribution is 5.82. The molecule has 1 N–H and O–H groups in total. The number of alkyl halides is 3. The van der Waals surface area contributed by atoms with Crippen LogP contribution in [0.2, 0.25) is 0 Å². The van der Waals surface area contributed by atoms with Crippen LogP contribution in [0.5, 0.6) is 0 Å². The molecule has 0 bridgehead atoms. The number of benzene rings is 1. The molecular formula is C20H16F3N5. The highest BCUT2D eigenvalue weighted by Gasteiger charge is 2.30. The summed E-state index contributed by atoms with van der Waals surface area (Å²) in [5.74, 6) is 0.213. The molecule has 8 heteroatoms. The van der Waals surface area contributed by atoms with E-state index in [1.165, 1.54) is 6.07 Å². The SMILES string of the molecule is Cc1cc(/C=N\Nc2ccc(C(F)(F)F)cn2)c(C)n1-c1ccc(C#N)cc1. The van der Waals surface area contributed by atoms with Gasteiger partial charge in [-0.05, 0) is 56.3 Å². The van der Waals surface area contributed by atoms with Crippen molar-refractivity contribution >= 4 is 12.0 Å². The predicted molar refractivity (Wildman–Crippen MR) is 100 cm³/mol. The van der Waals surface area contributed by atoms with Crippen LogP contribution in [0.1, 0.15) is 28.1 Å². The number of hydrogen-bond acceptors (Lipinski definition) is 4. The second kappa shape index (κ2) is 7.56. The topological polar surface area (TPSA) is 66.0 Å². The van der Waals surface area contributed by atoms with Crippen molar-refractivity contribution in [3.8, 4) is 11.8 Å². The highest BCUT2D eigenvalue weighted by atomic mass is 19.4. The van der Waals surface area contributed by atoms with Crippen LogP contribution in [0.3, 0.4) is 0 Å². The fourth-order valence-electron chi connectivity index (χ4n) is 2.80. The van der Waals surface area contributed by atoms with Gasteiger partial charge in [0.15, 0.2) is 0 Å². The van der Waals surface area contributed by atoms with Crippen LogP contribution in [0.15, 0.2) is 53.8 Å². The molecule has 3 rings (SSSR count). The second-order valence-corrected chi connectivity index (χ2v) is 6.12. The molecule has 3 aromatic rings. The number of hydrazone groups is 1. The minimum Gasteiger partial charge on any atom is -0.318 e. The molecule has 142 valence electrons. The Morgan fingerprint density at radius 2 is 1.86 bits per heavy atom. The monoisotopic (exact) mass is 383 g/mol. The lowest BCUT2D eigenvalue weighted by Crippen LogP contribution is -2.05. The van der Waals surface area contributed by atoms with Crippen LogP contribution in [-0.2, 0) is 6.18 Å². The first-order valence-electron chi connectivity index (χ1n) is 8.31. The third-order valence-corrected chi connectivity index (χ3v) is 4.20. The molecule has 2 heterocycles. The molecule has 0 aliphatic carbocycles. The molecule has 0 aliphatic heterocycles. The van der Waals surface area contributed by atoms with Gasteiger partial charge in [-0.2, -0.15) is 23.5 Å². The predicted octanol–water partition coefficient (Wildman–Crippen LogP) is 4.83. The lowest BCUT2D eigenvalue weighted by atomic mass is 10.2. The van der Waals surface area contributed by atoms with E-state index >= 15 is 0 Å². The van der Waals surface area contributed by atoms with Gasteiger partial charge in [0, 0.05) is 28.8 Å². The lowest BCUT2D eigenvalue weighted by molar-refractivity contribution is -0.137. The summed E-state index contributed by atoms with van der Waals surface area (Å²) in [5, 5.41) is 13.0. The van der Waals surface area contributed by atoms with Crippen molar-refractivity contribution < 1.29 is 13.2 Å². The summed E-state index contributed by atoms with van der Waals surface area (Å²) in [7, 11) is 0. The van der Waals surface area contributed by atoms with Gasteiger partial charge in [-0.15, -0.1) is 0 Å². The Bertz CT molecular complexity index is 1040. The lowest BCUT2D eigenvalue weighted by Gasteiger charge is -2.09. The first-order valence-corrected chi connectivity index (χ1v) is 8.31. The molecule has 0 atom stereocenters. The third kappa shape index (κ3) is 4.04.